The third-order valence-corrected chi connectivity index (χ3v) is 2.98. The molecular weight excluding hydrogens is 209 g/mol. The first kappa shape index (κ1) is 11.3. The van der Waals surface area contributed by atoms with Crippen molar-refractivity contribution in [1.82, 2.24) is 4.98 Å². The van der Waals surface area contributed by atoms with Crippen LogP contribution in [0.1, 0.15) is 18.9 Å². The Morgan fingerprint density at radius 1 is 1.62 bits per heavy atom. The van der Waals surface area contributed by atoms with Gasteiger partial charge in [0, 0.05) is 18.4 Å². The molecule has 0 aromatic carbocycles. The standard InChI is InChI=1S/C12H16FNO2/c1-2-16-11-10(4-3-6-14-11)12(8-13)5-7-15-9-12/h3-4,6H,2,5,7-9H2,1H3. The molecular formula is C12H16FNO2. The van der Waals surface area contributed by atoms with Crippen molar-refractivity contribution >= 4 is 0 Å². The lowest BCUT2D eigenvalue weighted by Crippen LogP contribution is -2.30. The summed E-state index contributed by atoms with van der Waals surface area (Å²) in [7, 11) is 0. The zero-order chi connectivity index (χ0) is 11.4. The minimum Gasteiger partial charge on any atom is -0.478 e. The van der Waals surface area contributed by atoms with Crippen molar-refractivity contribution in [3.05, 3.63) is 23.9 Å². The Balaban J connectivity index is 2.37. The number of hydrogen-bond acceptors (Lipinski definition) is 3. The van der Waals surface area contributed by atoms with Crippen LogP contribution in [0, 0.1) is 0 Å². The van der Waals surface area contributed by atoms with Crippen molar-refractivity contribution in [2.75, 3.05) is 26.5 Å². The Kier molecular flexibility index (Phi) is 3.39. The summed E-state index contributed by atoms with van der Waals surface area (Å²) in [5.74, 6) is 0.535. The Morgan fingerprint density at radius 3 is 3.12 bits per heavy atom. The van der Waals surface area contributed by atoms with Crippen molar-refractivity contribution in [3.63, 3.8) is 0 Å². The molecule has 2 rings (SSSR count). The van der Waals surface area contributed by atoms with Crippen molar-refractivity contribution in [1.29, 1.82) is 0 Å². The van der Waals surface area contributed by atoms with Crippen LogP contribution in [0.3, 0.4) is 0 Å². The molecule has 1 unspecified atom stereocenters. The van der Waals surface area contributed by atoms with Crippen LogP contribution in [0.2, 0.25) is 0 Å². The maximum Gasteiger partial charge on any atom is 0.217 e. The topological polar surface area (TPSA) is 31.4 Å². The van der Waals surface area contributed by atoms with Gasteiger partial charge in [0.25, 0.3) is 0 Å². The Labute approximate surface area is 94.6 Å². The molecule has 1 aliphatic heterocycles. The molecule has 0 N–H and O–H groups in total. The summed E-state index contributed by atoms with van der Waals surface area (Å²) in [4.78, 5) is 4.16. The number of alkyl halides is 1. The molecule has 2 heterocycles. The molecule has 88 valence electrons. The molecule has 1 aromatic heterocycles. The van der Waals surface area contributed by atoms with Crippen LogP contribution in [-0.2, 0) is 10.2 Å². The summed E-state index contributed by atoms with van der Waals surface area (Å²) < 4.78 is 24.1. The molecule has 1 aliphatic rings. The first-order valence-electron chi connectivity index (χ1n) is 5.54. The number of pyridine rings is 1. The van der Waals surface area contributed by atoms with E-state index in [9.17, 15) is 4.39 Å². The highest BCUT2D eigenvalue weighted by Gasteiger charge is 2.39. The molecule has 1 saturated heterocycles. The number of halogens is 1. The molecule has 0 saturated carbocycles. The van der Waals surface area contributed by atoms with Gasteiger partial charge in [0.1, 0.15) is 6.67 Å². The van der Waals surface area contributed by atoms with Gasteiger partial charge >= 0.3 is 0 Å². The summed E-state index contributed by atoms with van der Waals surface area (Å²) in [5, 5.41) is 0. The van der Waals surface area contributed by atoms with Gasteiger partial charge in [-0.25, -0.2) is 4.98 Å². The zero-order valence-electron chi connectivity index (χ0n) is 9.41. The van der Waals surface area contributed by atoms with Gasteiger partial charge in [0.05, 0.1) is 18.6 Å². The quantitative estimate of drug-likeness (QED) is 0.786. The van der Waals surface area contributed by atoms with Gasteiger partial charge in [0.15, 0.2) is 0 Å². The molecule has 0 radical (unpaired) electrons. The van der Waals surface area contributed by atoms with E-state index in [1.54, 1.807) is 6.20 Å². The SMILES string of the molecule is CCOc1ncccc1C1(CF)CCOC1. The highest BCUT2D eigenvalue weighted by atomic mass is 19.1. The molecule has 0 bridgehead atoms. The summed E-state index contributed by atoms with van der Waals surface area (Å²) in [6.45, 7) is 3.01. The number of ether oxygens (including phenoxy) is 2. The second-order valence-corrected chi connectivity index (χ2v) is 4.01. The van der Waals surface area contributed by atoms with Gasteiger partial charge in [-0.2, -0.15) is 0 Å². The molecule has 3 nitrogen and oxygen atoms in total. The van der Waals surface area contributed by atoms with Gasteiger partial charge in [-0.3, -0.25) is 4.39 Å². The smallest absolute Gasteiger partial charge is 0.217 e. The fraction of sp³-hybridized carbons (Fsp3) is 0.583. The summed E-state index contributed by atoms with van der Waals surface area (Å²) in [6, 6.07) is 3.69. The van der Waals surface area contributed by atoms with E-state index in [0.717, 1.165) is 5.56 Å². The van der Waals surface area contributed by atoms with Gasteiger partial charge in [-0.15, -0.1) is 0 Å². The number of aromatic nitrogens is 1. The van der Waals surface area contributed by atoms with E-state index in [4.69, 9.17) is 9.47 Å². The Bertz CT molecular complexity index is 351. The molecule has 0 spiro atoms. The fourth-order valence-corrected chi connectivity index (χ4v) is 2.04. The summed E-state index contributed by atoms with van der Waals surface area (Å²) in [5.41, 5.74) is 0.274. The van der Waals surface area contributed by atoms with Crippen LogP contribution in [-0.4, -0.2) is 31.5 Å². The zero-order valence-corrected chi connectivity index (χ0v) is 9.41. The van der Waals surface area contributed by atoms with E-state index in [-0.39, 0.29) is 0 Å². The fourth-order valence-electron chi connectivity index (χ4n) is 2.04. The van der Waals surface area contributed by atoms with Crippen LogP contribution < -0.4 is 4.74 Å². The van der Waals surface area contributed by atoms with Gasteiger partial charge in [-0.1, -0.05) is 6.07 Å². The highest BCUT2D eigenvalue weighted by Crippen LogP contribution is 2.37. The monoisotopic (exact) mass is 225 g/mol. The van der Waals surface area contributed by atoms with Crippen LogP contribution in [0.25, 0.3) is 0 Å². The second kappa shape index (κ2) is 4.78. The Morgan fingerprint density at radius 2 is 2.50 bits per heavy atom. The van der Waals surface area contributed by atoms with Gasteiger partial charge in [-0.05, 0) is 19.4 Å². The minimum absolute atomic E-state index is 0.412. The van der Waals surface area contributed by atoms with Crippen LogP contribution >= 0.6 is 0 Å². The molecule has 16 heavy (non-hydrogen) atoms. The first-order valence-corrected chi connectivity index (χ1v) is 5.54. The Hall–Kier alpha value is -1.16. The van der Waals surface area contributed by atoms with Crippen molar-refractivity contribution < 1.29 is 13.9 Å². The predicted molar refractivity (Wildman–Crippen MR) is 58.5 cm³/mol. The van der Waals surface area contributed by atoms with Crippen LogP contribution in [0.15, 0.2) is 18.3 Å². The second-order valence-electron chi connectivity index (χ2n) is 4.01. The van der Waals surface area contributed by atoms with E-state index in [1.165, 1.54) is 0 Å². The highest BCUT2D eigenvalue weighted by molar-refractivity contribution is 5.35. The maximum absolute atomic E-state index is 13.3. The maximum atomic E-state index is 13.3. The molecule has 1 aromatic rings. The lowest BCUT2D eigenvalue weighted by molar-refractivity contribution is 0.164. The van der Waals surface area contributed by atoms with Crippen molar-refractivity contribution in [2.45, 2.75) is 18.8 Å². The summed E-state index contributed by atoms with van der Waals surface area (Å²) >= 11 is 0. The minimum atomic E-state index is -0.557. The average Bonchev–Trinajstić information content (AvgIpc) is 2.80. The van der Waals surface area contributed by atoms with E-state index in [2.05, 4.69) is 4.98 Å². The molecule has 0 amide bonds. The molecule has 0 aliphatic carbocycles. The van der Waals surface area contributed by atoms with Gasteiger partial charge < -0.3 is 9.47 Å². The number of rotatable bonds is 4. The average molecular weight is 225 g/mol. The van der Waals surface area contributed by atoms with Crippen LogP contribution in [0.4, 0.5) is 4.39 Å². The largest absolute Gasteiger partial charge is 0.478 e. The number of nitrogens with zero attached hydrogens (tertiary/aromatic N) is 1. The first-order chi connectivity index (χ1) is 7.82. The van der Waals surface area contributed by atoms with Gasteiger partial charge in [0.2, 0.25) is 5.88 Å². The third kappa shape index (κ3) is 1.89. The van der Waals surface area contributed by atoms with E-state index >= 15 is 0 Å². The lowest BCUT2D eigenvalue weighted by Gasteiger charge is -2.25. The lowest BCUT2D eigenvalue weighted by atomic mass is 9.81. The van der Waals surface area contributed by atoms with E-state index < -0.39 is 12.1 Å². The van der Waals surface area contributed by atoms with Crippen molar-refractivity contribution in [2.24, 2.45) is 0 Å². The number of hydrogen-bond donors (Lipinski definition) is 0. The van der Waals surface area contributed by atoms with Crippen LogP contribution in [0.5, 0.6) is 5.88 Å². The predicted octanol–water partition coefficient (Wildman–Crippen LogP) is 2.11. The molecule has 1 fully saturated rings. The van der Waals surface area contributed by atoms with E-state index in [1.807, 2.05) is 19.1 Å². The third-order valence-electron chi connectivity index (χ3n) is 2.98. The molecule has 1 atom stereocenters. The molecule has 4 heteroatoms. The normalized spacial score (nSPS) is 24.6. The summed E-state index contributed by atoms with van der Waals surface area (Å²) in [6.07, 6.45) is 2.35. The van der Waals surface area contributed by atoms with Crippen molar-refractivity contribution in [3.8, 4) is 5.88 Å². The van der Waals surface area contributed by atoms with E-state index in [0.29, 0.717) is 32.1 Å².